The summed E-state index contributed by atoms with van der Waals surface area (Å²) >= 11 is 10.9. The van der Waals surface area contributed by atoms with Gasteiger partial charge in [-0.2, -0.15) is 0 Å². The van der Waals surface area contributed by atoms with Crippen LogP contribution in [-0.4, -0.2) is 10.9 Å². The number of hydrogen-bond acceptors (Lipinski definition) is 2. The van der Waals surface area contributed by atoms with Crippen LogP contribution in [0.25, 0.3) is 0 Å². The Labute approximate surface area is 134 Å². The van der Waals surface area contributed by atoms with Gasteiger partial charge in [0, 0.05) is 17.1 Å². The highest BCUT2D eigenvalue weighted by atomic mass is 35.5. The summed E-state index contributed by atoms with van der Waals surface area (Å²) in [4.78, 5) is 12.3. The van der Waals surface area contributed by atoms with E-state index in [4.69, 9.17) is 29.6 Å². The van der Waals surface area contributed by atoms with Crippen LogP contribution in [0.3, 0.4) is 0 Å². The van der Waals surface area contributed by atoms with Crippen LogP contribution in [0.4, 0.5) is 0 Å². The maximum absolute atomic E-state index is 11.9. The van der Waals surface area contributed by atoms with Crippen LogP contribution in [0.1, 0.15) is 16.7 Å². The molecule has 5 heteroatoms. The van der Waals surface area contributed by atoms with E-state index in [0.717, 1.165) is 16.7 Å². The summed E-state index contributed by atoms with van der Waals surface area (Å²) in [5.41, 5.74) is 8.14. The summed E-state index contributed by atoms with van der Waals surface area (Å²) in [6.45, 7) is 0.420. The van der Waals surface area contributed by atoms with E-state index >= 15 is 0 Å². The molecule has 1 amide bonds. The Morgan fingerprint density at radius 2 is 1.81 bits per heavy atom. The van der Waals surface area contributed by atoms with E-state index in [1.165, 1.54) is 0 Å². The number of carbonyl (C=O) groups is 1. The van der Waals surface area contributed by atoms with Crippen molar-refractivity contribution in [3.05, 3.63) is 70.2 Å². The summed E-state index contributed by atoms with van der Waals surface area (Å²) in [5.74, 6) is -0.0574. The first-order chi connectivity index (χ1) is 10.1. The van der Waals surface area contributed by atoms with Gasteiger partial charge < -0.3 is 11.1 Å². The number of rotatable bonds is 5. The van der Waals surface area contributed by atoms with Gasteiger partial charge in [-0.15, -0.1) is 0 Å². The first-order valence-electron chi connectivity index (χ1n) is 6.45. The summed E-state index contributed by atoms with van der Waals surface area (Å²) in [6, 6.07) is 14.8. The van der Waals surface area contributed by atoms with E-state index in [-0.39, 0.29) is 5.91 Å². The van der Waals surface area contributed by atoms with Crippen LogP contribution in [-0.2, 0) is 17.8 Å². The van der Waals surface area contributed by atoms with Crippen molar-refractivity contribution in [2.24, 2.45) is 5.73 Å². The summed E-state index contributed by atoms with van der Waals surface area (Å²) in [7, 11) is 0. The molecule has 3 nitrogen and oxygen atoms in total. The van der Waals surface area contributed by atoms with Crippen molar-refractivity contribution >= 4 is 34.7 Å². The Balaban J connectivity index is 1.90. The summed E-state index contributed by atoms with van der Waals surface area (Å²) in [5, 5.41) is 3.50. The Morgan fingerprint density at radius 3 is 2.43 bits per heavy atom. The number of nitrogens with one attached hydrogen (secondary N) is 1. The largest absolute Gasteiger partial charge is 0.389 e. The van der Waals surface area contributed by atoms with Gasteiger partial charge in [-0.1, -0.05) is 66.3 Å². The second kappa shape index (κ2) is 7.20. The lowest BCUT2D eigenvalue weighted by Crippen LogP contribution is -2.24. The molecule has 2 aromatic rings. The quantitative estimate of drug-likeness (QED) is 0.834. The minimum Gasteiger partial charge on any atom is -0.389 e. The zero-order chi connectivity index (χ0) is 15.2. The molecule has 2 rings (SSSR count). The topological polar surface area (TPSA) is 55.1 Å². The number of nitrogens with two attached hydrogens (primary N) is 1. The Bertz CT molecular complexity index is 656. The summed E-state index contributed by atoms with van der Waals surface area (Å²) < 4.78 is 0. The fraction of sp³-hybridized carbons (Fsp3) is 0.125. The third-order valence-corrected chi connectivity index (χ3v) is 3.64. The van der Waals surface area contributed by atoms with E-state index in [1.807, 2.05) is 42.5 Å². The smallest absolute Gasteiger partial charge is 0.224 e. The Morgan fingerprint density at radius 1 is 1.14 bits per heavy atom. The zero-order valence-electron chi connectivity index (χ0n) is 11.3. The van der Waals surface area contributed by atoms with E-state index in [0.29, 0.717) is 23.0 Å². The molecule has 0 aliphatic rings. The highest BCUT2D eigenvalue weighted by Crippen LogP contribution is 2.14. The molecule has 108 valence electrons. The second-order valence-electron chi connectivity index (χ2n) is 4.61. The fourth-order valence-electron chi connectivity index (χ4n) is 1.87. The van der Waals surface area contributed by atoms with Crippen molar-refractivity contribution in [3.63, 3.8) is 0 Å². The molecule has 0 saturated heterocycles. The molecule has 0 spiro atoms. The lowest BCUT2D eigenvalue weighted by Gasteiger charge is -2.07. The lowest BCUT2D eigenvalue weighted by atomic mass is 10.1. The van der Waals surface area contributed by atoms with E-state index in [1.54, 1.807) is 6.07 Å². The number of amides is 1. The average Bonchev–Trinajstić information content (AvgIpc) is 2.47. The van der Waals surface area contributed by atoms with Gasteiger partial charge in [0.25, 0.3) is 0 Å². The molecule has 0 bridgehead atoms. The molecule has 0 radical (unpaired) electrons. The van der Waals surface area contributed by atoms with Gasteiger partial charge in [0.2, 0.25) is 5.91 Å². The van der Waals surface area contributed by atoms with Crippen molar-refractivity contribution in [2.45, 2.75) is 13.0 Å². The molecular formula is C16H15ClN2OS. The van der Waals surface area contributed by atoms with Crippen LogP contribution in [0.2, 0.25) is 5.02 Å². The predicted molar refractivity (Wildman–Crippen MR) is 89.3 cm³/mol. The molecule has 0 saturated carbocycles. The van der Waals surface area contributed by atoms with E-state index in [9.17, 15) is 4.79 Å². The average molecular weight is 319 g/mol. The van der Waals surface area contributed by atoms with Crippen LogP contribution in [0, 0.1) is 0 Å². The molecule has 0 unspecified atom stereocenters. The molecule has 0 atom stereocenters. The molecule has 21 heavy (non-hydrogen) atoms. The second-order valence-corrected chi connectivity index (χ2v) is 5.45. The monoisotopic (exact) mass is 318 g/mol. The first kappa shape index (κ1) is 15.5. The molecule has 0 fully saturated rings. The first-order valence-corrected chi connectivity index (χ1v) is 7.24. The van der Waals surface area contributed by atoms with Gasteiger partial charge in [-0.3, -0.25) is 4.79 Å². The molecule has 0 heterocycles. The van der Waals surface area contributed by atoms with Crippen LogP contribution in [0.5, 0.6) is 0 Å². The van der Waals surface area contributed by atoms with Crippen molar-refractivity contribution < 1.29 is 4.79 Å². The van der Waals surface area contributed by atoms with Crippen LogP contribution < -0.4 is 11.1 Å². The highest BCUT2D eigenvalue weighted by molar-refractivity contribution is 7.80. The van der Waals surface area contributed by atoms with Gasteiger partial charge >= 0.3 is 0 Å². The summed E-state index contributed by atoms with van der Waals surface area (Å²) in [6.07, 6.45) is 0.308. The van der Waals surface area contributed by atoms with E-state index in [2.05, 4.69) is 5.32 Å². The number of benzene rings is 2. The molecule has 2 aromatic carbocycles. The standard InChI is InChI=1S/C16H15ClN2OS/c17-14-4-2-1-3-13(14)10-19-15(20)9-11-5-7-12(8-6-11)16(18)21/h1-8H,9-10H2,(H2,18,21)(H,19,20). The van der Waals surface area contributed by atoms with Crippen molar-refractivity contribution in [3.8, 4) is 0 Å². The lowest BCUT2D eigenvalue weighted by molar-refractivity contribution is -0.120. The molecule has 0 aromatic heterocycles. The van der Waals surface area contributed by atoms with Gasteiger partial charge in [-0.25, -0.2) is 0 Å². The normalized spacial score (nSPS) is 10.1. The minimum atomic E-state index is -0.0574. The SMILES string of the molecule is NC(=S)c1ccc(CC(=O)NCc2ccccc2Cl)cc1. The molecule has 0 aliphatic heterocycles. The molecular weight excluding hydrogens is 304 g/mol. The zero-order valence-corrected chi connectivity index (χ0v) is 12.9. The number of hydrogen-bond donors (Lipinski definition) is 2. The number of carbonyl (C=O) groups excluding carboxylic acids is 1. The van der Waals surface area contributed by atoms with Crippen molar-refractivity contribution in [2.75, 3.05) is 0 Å². The third-order valence-electron chi connectivity index (χ3n) is 3.04. The fourth-order valence-corrected chi connectivity index (χ4v) is 2.21. The maximum atomic E-state index is 11.9. The Hall–Kier alpha value is -1.91. The number of halogens is 1. The van der Waals surface area contributed by atoms with Crippen molar-refractivity contribution in [1.29, 1.82) is 0 Å². The van der Waals surface area contributed by atoms with Crippen LogP contribution >= 0.6 is 23.8 Å². The number of thiocarbonyl (C=S) groups is 1. The molecule has 3 N–H and O–H groups in total. The minimum absolute atomic E-state index is 0.0574. The predicted octanol–water partition coefficient (Wildman–Crippen LogP) is 2.83. The van der Waals surface area contributed by atoms with Gasteiger partial charge in [0.15, 0.2) is 0 Å². The molecule has 0 aliphatic carbocycles. The van der Waals surface area contributed by atoms with Crippen LogP contribution in [0.15, 0.2) is 48.5 Å². The van der Waals surface area contributed by atoms with Gasteiger partial charge in [0.1, 0.15) is 4.99 Å². The van der Waals surface area contributed by atoms with E-state index < -0.39 is 0 Å². The highest BCUT2D eigenvalue weighted by Gasteiger charge is 2.05. The van der Waals surface area contributed by atoms with Gasteiger partial charge in [0.05, 0.1) is 6.42 Å². The van der Waals surface area contributed by atoms with Crippen molar-refractivity contribution in [1.82, 2.24) is 5.32 Å². The van der Waals surface area contributed by atoms with Gasteiger partial charge in [-0.05, 0) is 17.2 Å². The Kier molecular flexibility index (Phi) is 5.31. The third kappa shape index (κ3) is 4.55. The maximum Gasteiger partial charge on any atom is 0.224 e.